The fraction of sp³-hybridized carbons (Fsp3) is 0.158. The third-order valence-electron chi connectivity index (χ3n) is 3.84. The van der Waals surface area contributed by atoms with Gasteiger partial charge in [0.2, 0.25) is 0 Å². The van der Waals surface area contributed by atoms with Gasteiger partial charge in [0.15, 0.2) is 5.69 Å². The second-order valence-electron chi connectivity index (χ2n) is 5.80. The van der Waals surface area contributed by atoms with Crippen LogP contribution in [0, 0.1) is 0 Å². The zero-order chi connectivity index (χ0) is 19.4. The normalized spacial score (nSPS) is 11.2. The van der Waals surface area contributed by atoms with Crippen LogP contribution in [-0.4, -0.2) is 21.9 Å². The van der Waals surface area contributed by atoms with Crippen molar-refractivity contribution >= 4 is 46.1 Å². The molecule has 2 aromatic carbocycles. The lowest BCUT2D eigenvalue weighted by atomic mass is 10.1. The van der Waals surface area contributed by atoms with Crippen molar-refractivity contribution in [3.63, 3.8) is 0 Å². The Morgan fingerprint density at radius 1 is 1.19 bits per heavy atom. The van der Waals surface area contributed by atoms with Crippen molar-refractivity contribution in [1.82, 2.24) is 15.2 Å². The molecule has 0 aliphatic carbocycles. The minimum atomic E-state index is -0.507. The van der Waals surface area contributed by atoms with Crippen molar-refractivity contribution in [1.29, 1.82) is 0 Å². The molecule has 0 spiro atoms. The van der Waals surface area contributed by atoms with Crippen LogP contribution in [0.1, 0.15) is 29.4 Å². The number of halogens is 2. The maximum atomic E-state index is 12.6. The summed E-state index contributed by atoms with van der Waals surface area (Å²) >= 11 is 11.8. The molecule has 0 unspecified atom stereocenters. The molecular weight excluding hydrogens is 387 g/mol. The van der Waals surface area contributed by atoms with E-state index in [1.54, 1.807) is 42.5 Å². The van der Waals surface area contributed by atoms with Crippen molar-refractivity contribution in [3.05, 3.63) is 74.1 Å². The molecule has 27 heavy (non-hydrogen) atoms. The molecule has 1 aromatic heterocycles. The molecule has 3 rings (SSSR count). The molecule has 1 N–H and O–H groups in total. The molecule has 0 fully saturated rings. The van der Waals surface area contributed by atoms with Gasteiger partial charge < -0.3 is 0 Å². The third kappa shape index (κ3) is 4.18. The van der Waals surface area contributed by atoms with Crippen LogP contribution in [0.2, 0.25) is 10.0 Å². The first-order valence-electron chi connectivity index (χ1n) is 8.29. The Bertz CT molecular complexity index is 1090. The maximum absolute atomic E-state index is 12.6. The summed E-state index contributed by atoms with van der Waals surface area (Å²) in [5.74, 6) is -0.507. The third-order valence-corrected chi connectivity index (χ3v) is 4.58. The highest BCUT2D eigenvalue weighted by Crippen LogP contribution is 2.21. The van der Waals surface area contributed by atoms with E-state index in [4.69, 9.17) is 23.2 Å². The van der Waals surface area contributed by atoms with Crippen molar-refractivity contribution in [3.8, 4) is 0 Å². The fourth-order valence-corrected chi connectivity index (χ4v) is 2.88. The van der Waals surface area contributed by atoms with E-state index in [1.165, 1.54) is 10.9 Å². The lowest BCUT2D eigenvalue weighted by Gasteiger charge is -2.09. The number of hydrogen-bond donors (Lipinski definition) is 1. The van der Waals surface area contributed by atoms with Crippen molar-refractivity contribution in [2.24, 2.45) is 5.10 Å². The fourth-order valence-electron chi connectivity index (χ4n) is 2.58. The second-order valence-corrected chi connectivity index (χ2v) is 6.61. The SMILES string of the molecule is CCCn1nc(C(=O)N/N=C/c2ccc(Cl)c(Cl)c2)c2ccccc2c1=O. The molecule has 8 heteroatoms. The zero-order valence-electron chi connectivity index (χ0n) is 14.4. The van der Waals surface area contributed by atoms with Gasteiger partial charge in [-0.25, -0.2) is 10.1 Å². The van der Waals surface area contributed by atoms with Crippen LogP contribution >= 0.6 is 23.2 Å². The molecule has 3 aromatic rings. The summed E-state index contributed by atoms with van der Waals surface area (Å²) in [4.78, 5) is 25.1. The van der Waals surface area contributed by atoms with Gasteiger partial charge in [0.05, 0.1) is 21.6 Å². The molecule has 138 valence electrons. The second kappa shape index (κ2) is 8.33. The summed E-state index contributed by atoms with van der Waals surface area (Å²) in [5, 5.41) is 9.92. The number of carbonyl (C=O) groups excluding carboxylic acids is 1. The molecule has 0 radical (unpaired) electrons. The number of aromatic nitrogens is 2. The number of carbonyl (C=O) groups is 1. The van der Waals surface area contributed by atoms with E-state index in [-0.39, 0.29) is 11.3 Å². The Hall–Kier alpha value is -2.70. The van der Waals surface area contributed by atoms with Crippen LogP contribution in [-0.2, 0) is 6.54 Å². The zero-order valence-corrected chi connectivity index (χ0v) is 16.0. The number of benzene rings is 2. The predicted octanol–water partition coefficient (Wildman–Crippen LogP) is 3.88. The summed E-state index contributed by atoms with van der Waals surface area (Å²) in [7, 11) is 0. The Morgan fingerprint density at radius 2 is 1.93 bits per heavy atom. The van der Waals surface area contributed by atoms with Crippen LogP contribution in [0.25, 0.3) is 10.8 Å². The molecule has 1 amide bonds. The number of fused-ring (bicyclic) bond motifs is 1. The van der Waals surface area contributed by atoms with E-state index in [0.29, 0.717) is 32.9 Å². The molecule has 6 nitrogen and oxygen atoms in total. The standard InChI is InChI=1S/C19H16Cl2N4O2/c1-2-9-25-19(27)14-6-4-3-5-13(14)17(24-25)18(26)23-22-11-12-7-8-15(20)16(21)10-12/h3-8,10-11H,2,9H2,1H3,(H,23,26)/b22-11+. The van der Waals surface area contributed by atoms with Crippen LogP contribution < -0.4 is 11.0 Å². The Labute approximate surface area is 165 Å². The van der Waals surface area contributed by atoms with Gasteiger partial charge in [-0.05, 0) is 30.2 Å². The topological polar surface area (TPSA) is 76.3 Å². The van der Waals surface area contributed by atoms with Gasteiger partial charge in [-0.2, -0.15) is 10.2 Å². The van der Waals surface area contributed by atoms with E-state index in [9.17, 15) is 9.59 Å². The first-order valence-corrected chi connectivity index (χ1v) is 9.05. The molecule has 0 aliphatic rings. The van der Waals surface area contributed by atoms with Gasteiger partial charge in [-0.3, -0.25) is 9.59 Å². The van der Waals surface area contributed by atoms with Crippen LogP contribution in [0.4, 0.5) is 0 Å². The predicted molar refractivity (Wildman–Crippen MR) is 108 cm³/mol. The van der Waals surface area contributed by atoms with Crippen molar-refractivity contribution in [2.75, 3.05) is 0 Å². The van der Waals surface area contributed by atoms with Gasteiger partial charge in [0, 0.05) is 11.9 Å². The van der Waals surface area contributed by atoms with Gasteiger partial charge in [-0.15, -0.1) is 0 Å². The van der Waals surface area contributed by atoms with E-state index in [0.717, 1.165) is 6.42 Å². The summed E-state index contributed by atoms with van der Waals surface area (Å²) in [6.45, 7) is 2.36. The first kappa shape index (κ1) is 19.1. The minimum absolute atomic E-state index is 0.143. The lowest BCUT2D eigenvalue weighted by molar-refractivity contribution is 0.0949. The Balaban J connectivity index is 1.91. The monoisotopic (exact) mass is 402 g/mol. The first-order chi connectivity index (χ1) is 13.0. The smallest absolute Gasteiger partial charge is 0.267 e. The summed E-state index contributed by atoms with van der Waals surface area (Å²) in [5.41, 5.74) is 3.04. The van der Waals surface area contributed by atoms with Crippen molar-refractivity contribution in [2.45, 2.75) is 19.9 Å². The quantitative estimate of drug-likeness (QED) is 0.519. The van der Waals surface area contributed by atoms with E-state index in [2.05, 4.69) is 15.6 Å². The molecule has 0 saturated heterocycles. The average Bonchev–Trinajstić information content (AvgIpc) is 2.67. The Kier molecular flexibility index (Phi) is 5.88. The number of rotatable bonds is 5. The highest BCUT2D eigenvalue weighted by Gasteiger charge is 2.16. The summed E-state index contributed by atoms with van der Waals surface area (Å²) in [6.07, 6.45) is 2.17. The molecule has 0 saturated carbocycles. The van der Waals surface area contributed by atoms with Crippen LogP contribution in [0.15, 0.2) is 52.4 Å². The summed E-state index contributed by atoms with van der Waals surface area (Å²) in [6, 6.07) is 11.9. The van der Waals surface area contributed by atoms with E-state index >= 15 is 0 Å². The van der Waals surface area contributed by atoms with Gasteiger partial charge in [0.25, 0.3) is 11.5 Å². The van der Waals surface area contributed by atoms with E-state index < -0.39 is 5.91 Å². The lowest BCUT2D eigenvalue weighted by Crippen LogP contribution is -2.29. The summed E-state index contributed by atoms with van der Waals surface area (Å²) < 4.78 is 1.31. The van der Waals surface area contributed by atoms with Gasteiger partial charge in [-0.1, -0.05) is 54.4 Å². The van der Waals surface area contributed by atoms with Gasteiger partial charge in [0.1, 0.15) is 0 Å². The molecule has 0 atom stereocenters. The van der Waals surface area contributed by atoms with Crippen LogP contribution in [0.5, 0.6) is 0 Å². The van der Waals surface area contributed by atoms with Gasteiger partial charge >= 0.3 is 0 Å². The molecule has 0 aliphatic heterocycles. The van der Waals surface area contributed by atoms with E-state index in [1.807, 2.05) is 6.92 Å². The number of nitrogens with zero attached hydrogens (tertiary/aromatic N) is 3. The maximum Gasteiger partial charge on any atom is 0.292 e. The number of aryl methyl sites for hydroxylation is 1. The number of hydrazone groups is 1. The highest BCUT2D eigenvalue weighted by molar-refractivity contribution is 6.42. The number of nitrogens with one attached hydrogen (secondary N) is 1. The molecule has 0 bridgehead atoms. The molecular formula is C19H16Cl2N4O2. The number of amides is 1. The van der Waals surface area contributed by atoms with Crippen molar-refractivity contribution < 1.29 is 4.79 Å². The molecule has 1 heterocycles. The highest BCUT2D eigenvalue weighted by atomic mass is 35.5. The average molecular weight is 403 g/mol. The Morgan fingerprint density at radius 3 is 2.63 bits per heavy atom. The minimum Gasteiger partial charge on any atom is -0.267 e. The largest absolute Gasteiger partial charge is 0.292 e. The number of hydrogen-bond acceptors (Lipinski definition) is 4. The van der Waals surface area contributed by atoms with Crippen LogP contribution in [0.3, 0.4) is 0 Å².